The van der Waals surface area contributed by atoms with Crippen LogP contribution in [0.4, 0.5) is 4.39 Å². The van der Waals surface area contributed by atoms with E-state index in [0.29, 0.717) is 60.6 Å². The Labute approximate surface area is 213 Å². The molecule has 1 aliphatic heterocycles. The van der Waals surface area contributed by atoms with Gasteiger partial charge in [-0.2, -0.15) is 0 Å². The van der Waals surface area contributed by atoms with E-state index in [1.54, 1.807) is 39.5 Å². The first-order valence-electron chi connectivity index (χ1n) is 12.0. The number of amides is 1. The smallest absolute Gasteiger partial charge is 0.271 e. The molecule has 0 unspecified atom stereocenters. The van der Waals surface area contributed by atoms with Gasteiger partial charge in [-0.05, 0) is 43.9 Å². The number of fused-ring (bicyclic) bond motifs is 1. The first kappa shape index (κ1) is 26.1. The lowest BCUT2D eigenvalue weighted by molar-refractivity contribution is 0.0509. The lowest BCUT2D eigenvalue weighted by atomic mass is 9.90. The Hall–Kier alpha value is -2.95. The molecular weight excluding hydrogens is 483 g/mol. The molecule has 1 aromatic carbocycles. The van der Waals surface area contributed by atoms with Gasteiger partial charge in [0.1, 0.15) is 16.5 Å². The molecule has 36 heavy (non-hydrogen) atoms. The summed E-state index contributed by atoms with van der Waals surface area (Å²) in [7, 11) is 3.30. The van der Waals surface area contributed by atoms with Gasteiger partial charge in [0.15, 0.2) is 10.4 Å². The molecule has 0 atom stereocenters. The van der Waals surface area contributed by atoms with E-state index in [9.17, 15) is 14.0 Å². The molecule has 192 valence electrons. The third-order valence-corrected chi connectivity index (χ3v) is 7.49. The van der Waals surface area contributed by atoms with Crippen LogP contribution < -0.4 is 5.43 Å². The van der Waals surface area contributed by atoms with Crippen LogP contribution in [0, 0.1) is 12.7 Å². The van der Waals surface area contributed by atoms with Gasteiger partial charge in [-0.15, -0.1) is 10.2 Å². The van der Waals surface area contributed by atoms with Crippen LogP contribution in [0.1, 0.15) is 45.9 Å². The number of benzene rings is 1. The van der Waals surface area contributed by atoms with Crippen molar-refractivity contribution in [1.82, 2.24) is 19.7 Å². The molecule has 5 rings (SSSR count). The van der Waals surface area contributed by atoms with Crippen LogP contribution in [0.25, 0.3) is 10.6 Å². The molecule has 0 radical (unpaired) electrons. The lowest BCUT2D eigenvalue weighted by Gasteiger charge is -2.41. The molecule has 1 fully saturated rings. The van der Waals surface area contributed by atoms with E-state index in [4.69, 9.17) is 0 Å². The summed E-state index contributed by atoms with van der Waals surface area (Å²) in [6, 6.07) is 6.58. The molecular formula is C26H31FN4O4S. The number of carbonyl (C=O) groups is 1. The zero-order valence-electron chi connectivity index (χ0n) is 20.8. The van der Waals surface area contributed by atoms with Crippen LogP contribution in [0.5, 0.6) is 0 Å². The maximum atomic E-state index is 13.1. The lowest BCUT2D eigenvalue weighted by Crippen LogP contribution is -2.50. The van der Waals surface area contributed by atoms with Crippen molar-refractivity contribution in [2.24, 2.45) is 0 Å². The molecule has 0 saturated heterocycles. The molecule has 1 amide bonds. The van der Waals surface area contributed by atoms with Crippen molar-refractivity contribution in [2.45, 2.75) is 45.2 Å². The van der Waals surface area contributed by atoms with Gasteiger partial charge in [-0.1, -0.05) is 23.5 Å². The quantitative estimate of drug-likeness (QED) is 0.447. The van der Waals surface area contributed by atoms with Gasteiger partial charge >= 0.3 is 0 Å². The number of hydrogen-bond acceptors (Lipinski definition) is 7. The molecule has 2 aromatic heterocycles. The number of pyridine rings is 1. The normalized spacial score (nSPS) is 15.2. The molecule has 1 saturated carbocycles. The molecule has 0 spiro atoms. The summed E-state index contributed by atoms with van der Waals surface area (Å²) in [5.41, 5.74) is 2.20. The summed E-state index contributed by atoms with van der Waals surface area (Å²) < 4.78 is 24.3. The van der Waals surface area contributed by atoms with Crippen LogP contribution in [0.3, 0.4) is 0 Å². The standard InChI is InChI=1S/C22H21FN4O2S.C4H10O2/c1-13-19-22(29)27(16-3-2-4-16)10-9-26(19)12-17(20(13)28)21-25-24-18(30-21)11-14-5-7-15(23)8-6-14;1-5-3-4-6-2/h5-8,12,16H,2-4,9-11H2,1H3;3-4H2,1-2H3. The number of halogens is 1. The first-order chi connectivity index (χ1) is 17.4. The Kier molecular flexibility index (Phi) is 8.60. The molecule has 0 N–H and O–H groups in total. The van der Waals surface area contributed by atoms with Crippen molar-refractivity contribution < 1.29 is 18.7 Å². The van der Waals surface area contributed by atoms with Crippen molar-refractivity contribution in [3.8, 4) is 10.6 Å². The van der Waals surface area contributed by atoms with Gasteiger partial charge in [-0.3, -0.25) is 9.59 Å². The van der Waals surface area contributed by atoms with Crippen molar-refractivity contribution in [3.05, 3.63) is 68.3 Å². The second kappa shape index (κ2) is 11.9. The fraction of sp³-hybridized carbons (Fsp3) is 0.462. The molecule has 3 heterocycles. The zero-order valence-corrected chi connectivity index (χ0v) is 21.6. The molecule has 3 aromatic rings. The number of hydrogen-bond donors (Lipinski definition) is 0. The molecule has 1 aliphatic carbocycles. The number of nitrogens with zero attached hydrogens (tertiary/aromatic N) is 4. The minimum Gasteiger partial charge on any atom is -0.382 e. The van der Waals surface area contributed by atoms with Gasteiger partial charge in [0, 0.05) is 51.5 Å². The largest absolute Gasteiger partial charge is 0.382 e. The fourth-order valence-electron chi connectivity index (χ4n) is 4.29. The van der Waals surface area contributed by atoms with Crippen molar-refractivity contribution in [2.75, 3.05) is 34.0 Å². The summed E-state index contributed by atoms with van der Waals surface area (Å²) >= 11 is 1.35. The van der Waals surface area contributed by atoms with E-state index in [2.05, 4.69) is 19.7 Å². The van der Waals surface area contributed by atoms with Crippen molar-refractivity contribution >= 4 is 17.2 Å². The monoisotopic (exact) mass is 514 g/mol. The Morgan fingerprint density at radius 3 is 2.36 bits per heavy atom. The number of rotatable bonds is 7. The topological polar surface area (TPSA) is 86.6 Å². The number of methoxy groups -OCH3 is 2. The van der Waals surface area contributed by atoms with Crippen LogP contribution in [0.15, 0.2) is 35.3 Å². The number of aromatic nitrogens is 3. The van der Waals surface area contributed by atoms with E-state index in [-0.39, 0.29) is 17.2 Å². The highest BCUT2D eigenvalue weighted by Crippen LogP contribution is 2.30. The van der Waals surface area contributed by atoms with E-state index >= 15 is 0 Å². The summed E-state index contributed by atoms with van der Waals surface area (Å²) in [5.74, 6) is -0.318. The van der Waals surface area contributed by atoms with E-state index in [1.807, 2.05) is 9.47 Å². The summed E-state index contributed by atoms with van der Waals surface area (Å²) in [6.45, 7) is 4.45. The fourth-order valence-corrected chi connectivity index (χ4v) is 5.17. The van der Waals surface area contributed by atoms with Crippen LogP contribution in [-0.4, -0.2) is 65.6 Å². The first-order valence-corrected chi connectivity index (χ1v) is 12.8. The van der Waals surface area contributed by atoms with E-state index < -0.39 is 0 Å². The van der Waals surface area contributed by atoms with Crippen LogP contribution >= 0.6 is 11.3 Å². The predicted octanol–water partition coefficient (Wildman–Crippen LogP) is 3.69. The van der Waals surface area contributed by atoms with Crippen LogP contribution in [0.2, 0.25) is 0 Å². The maximum absolute atomic E-state index is 13.1. The number of carbonyl (C=O) groups excluding carboxylic acids is 1. The Balaban J connectivity index is 0.000000455. The summed E-state index contributed by atoms with van der Waals surface area (Å²) in [4.78, 5) is 28.0. The second-order valence-electron chi connectivity index (χ2n) is 8.91. The second-order valence-corrected chi connectivity index (χ2v) is 9.97. The molecule has 10 heteroatoms. The van der Waals surface area contributed by atoms with Crippen LogP contribution in [-0.2, 0) is 22.4 Å². The Morgan fingerprint density at radius 2 is 1.75 bits per heavy atom. The van der Waals surface area contributed by atoms with Gasteiger partial charge in [0.2, 0.25) is 0 Å². The van der Waals surface area contributed by atoms with E-state index in [0.717, 1.165) is 29.8 Å². The van der Waals surface area contributed by atoms with Crippen molar-refractivity contribution in [3.63, 3.8) is 0 Å². The maximum Gasteiger partial charge on any atom is 0.271 e. The van der Waals surface area contributed by atoms with Gasteiger partial charge < -0.3 is 18.9 Å². The highest BCUT2D eigenvalue weighted by molar-refractivity contribution is 7.14. The van der Waals surface area contributed by atoms with Gasteiger partial charge in [-0.25, -0.2) is 4.39 Å². The highest BCUT2D eigenvalue weighted by Gasteiger charge is 2.35. The highest BCUT2D eigenvalue weighted by atomic mass is 32.1. The third-order valence-electron chi connectivity index (χ3n) is 6.53. The number of ether oxygens (including phenoxy) is 2. The summed E-state index contributed by atoms with van der Waals surface area (Å²) in [5, 5.41) is 9.73. The zero-order chi connectivity index (χ0) is 25.7. The average Bonchev–Trinajstić information content (AvgIpc) is 3.30. The molecule has 8 nitrogen and oxygen atoms in total. The van der Waals surface area contributed by atoms with E-state index in [1.165, 1.54) is 23.5 Å². The Morgan fingerprint density at radius 1 is 1.06 bits per heavy atom. The minimum atomic E-state index is -0.278. The van der Waals surface area contributed by atoms with Gasteiger partial charge in [0.25, 0.3) is 5.91 Å². The third kappa shape index (κ3) is 5.71. The SMILES string of the molecule is COCCOC.Cc1c2n(cc(-c3nnc(Cc4ccc(F)cc4)s3)c1=O)CCN(C1CCC1)C2=O. The Bertz CT molecular complexity index is 1250. The summed E-state index contributed by atoms with van der Waals surface area (Å²) in [6.07, 6.45) is 5.54. The molecule has 2 aliphatic rings. The minimum absolute atomic E-state index is 0.0404. The predicted molar refractivity (Wildman–Crippen MR) is 136 cm³/mol. The molecule has 0 bridgehead atoms. The average molecular weight is 515 g/mol. The van der Waals surface area contributed by atoms with Crippen molar-refractivity contribution in [1.29, 1.82) is 0 Å². The van der Waals surface area contributed by atoms with Gasteiger partial charge in [0.05, 0.1) is 18.8 Å².